The molecule has 0 fully saturated rings. The number of aromatic nitrogens is 1. The zero-order chi connectivity index (χ0) is 20.4. The highest BCUT2D eigenvalue weighted by molar-refractivity contribution is 6.10. The van der Waals surface area contributed by atoms with Gasteiger partial charge in [0.2, 0.25) is 0 Å². The third-order valence-electron chi connectivity index (χ3n) is 5.30. The van der Waals surface area contributed by atoms with E-state index in [9.17, 15) is 9.90 Å². The number of fused-ring (bicyclic) bond motifs is 1. The number of phenols is 1. The van der Waals surface area contributed by atoms with Gasteiger partial charge in [-0.3, -0.25) is 4.79 Å². The molecule has 1 heterocycles. The van der Waals surface area contributed by atoms with Crippen LogP contribution in [0.4, 0.5) is 0 Å². The molecule has 146 valence electrons. The van der Waals surface area contributed by atoms with E-state index in [4.69, 9.17) is 0 Å². The molecule has 0 saturated carbocycles. The molecule has 0 amide bonds. The van der Waals surface area contributed by atoms with Crippen molar-refractivity contribution < 1.29 is 9.90 Å². The lowest BCUT2D eigenvalue weighted by Crippen LogP contribution is -2.11. The molecule has 0 aliphatic rings. The maximum Gasteiger partial charge on any atom is 0.169 e. The molecule has 0 radical (unpaired) electrons. The Hall–Kier alpha value is -3.33. The Kier molecular flexibility index (Phi) is 5.22. The summed E-state index contributed by atoms with van der Waals surface area (Å²) in [6.07, 6.45) is 0.348. The highest BCUT2D eigenvalue weighted by Crippen LogP contribution is 2.35. The van der Waals surface area contributed by atoms with E-state index in [1.165, 1.54) is 5.56 Å². The molecule has 0 aliphatic heterocycles. The van der Waals surface area contributed by atoms with E-state index >= 15 is 0 Å². The van der Waals surface area contributed by atoms with Gasteiger partial charge in [-0.25, -0.2) is 0 Å². The van der Waals surface area contributed by atoms with Crippen molar-refractivity contribution in [3.63, 3.8) is 0 Å². The Morgan fingerprint density at radius 2 is 1.52 bits per heavy atom. The minimum Gasteiger partial charge on any atom is -0.508 e. The van der Waals surface area contributed by atoms with E-state index in [0.717, 1.165) is 27.7 Å². The lowest BCUT2D eigenvalue weighted by atomic mass is 9.96. The number of benzene rings is 3. The van der Waals surface area contributed by atoms with E-state index in [-0.39, 0.29) is 17.5 Å². The molecule has 4 aromatic rings. The first-order valence-electron chi connectivity index (χ1n) is 10.0. The summed E-state index contributed by atoms with van der Waals surface area (Å²) < 4.78 is 2.23. The van der Waals surface area contributed by atoms with Crippen LogP contribution in [0, 0.1) is 0 Å². The van der Waals surface area contributed by atoms with E-state index in [1.54, 1.807) is 12.1 Å². The molecule has 0 spiro atoms. The number of carbonyl (C=O) groups excluding carboxylic acids is 1. The highest BCUT2D eigenvalue weighted by Gasteiger charge is 2.24. The summed E-state index contributed by atoms with van der Waals surface area (Å²) in [6.45, 7) is 4.93. The predicted molar refractivity (Wildman–Crippen MR) is 118 cm³/mol. The van der Waals surface area contributed by atoms with Crippen LogP contribution in [-0.4, -0.2) is 15.5 Å². The van der Waals surface area contributed by atoms with Crippen LogP contribution in [0.3, 0.4) is 0 Å². The molecule has 29 heavy (non-hydrogen) atoms. The van der Waals surface area contributed by atoms with Gasteiger partial charge in [0.15, 0.2) is 5.78 Å². The maximum absolute atomic E-state index is 13.4. The van der Waals surface area contributed by atoms with Crippen LogP contribution < -0.4 is 0 Å². The Morgan fingerprint density at radius 3 is 2.14 bits per heavy atom. The van der Waals surface area contributed by atoms with Gasteiger partial charge >= 0.3 is 0 Å². The first kappa shape index (κ1) is 19.0. The number of rotatable bonds is 6. The standard InChI is InChI=1S/C26H25NO2/c1-18(2)26-25(24(29)15-19-9-5-3-6-10-19)22-16-21(28)13-14-23(22)27(26)17-20-11-7-4-8-12-20/h3-14,16,18,28H,15,17H2,1-2H3. The van der Waals surface area contributed by atoms with Crippen molar-refractivity contribution in [3.05, 3.63) is 101 Å². The maximum atomic E-state index is 13.4. The van der Waals surface area contributed by atoms with Crippen LogP contribution in [0.25, 0.3) is 10.9 Å². The minimum atomic E-state index is 0.0855. The molecule has 0 aliphatic carbocycles. The second kappa shape index (κ2) is 7.96. The topological polar surface area (TPSA) is 42.2 Å². The summed E-state index contributed by atoms with van der Waals surface area (Å²) >= 11 is 0. The summed E-state index contributed by atoms with van der Waals surface area (Å²) in [7, 11) is 0. The van der Waals surface area contributed by atoms with Crippen LogP contribution in [0.15, 0.2) is 78.9 Å². The Labute approximate surface area is 171 Å². The number of nitrogens with zero attached hydrogens (tertiary/aromatic N) is 1. The molecule has 3 nitrogen and oxygen atoms in total. The number of aromatic hydroxyl groups is 1. The van der Waals surface area contributed by atoms with E-state index < -0.39 is 0 Å². The SMILES string of the molecule is CC(C)c1c(C(=O)Cc2ccccc2)c2cc(O)ccc2n1Cc1ccccc1. The van der Waals surface area contributed by atoms with Crippen molar-refractivity contribution in [3.8, 4) is 5.75 Å². The van der Waals surface area contributed by atoms with Crippen molar-refractivity contribution in [2.75, 3.05) is 0 Å². The number of ketones is 1. The molecular weight excluding hydrogens is 358 g/mol. The smallest absolute Gasteiger partial charge is 0.169 e. The molecular formula is C26H25NO2. The second-order valence-electron chi connectivity index (χ2n) is 7.77. The fourth-order valence-electron chi connectivity index (χ4n) is 4.06. The van der Waals surface area contributed by atoms with Gasteiger partial charge < -0.3 is 9.67 Å². The van der Waals surface area contributed by atoms with Gasteiger partial charge in [-0.15, -0.1) is 0 Å². The van der Waals surface area contributed by atoms with Gasteiger partial charge in [0.25, 0.3) is 0 Å². The zero-order valence-corrected chi connectivity index (χ0v) is 16.8. The molecule has 3 aromatic carbocycles. The number of hydrogen-bond acceptors (Lipinski definition) is 2. The van der Waals surface area contributed by atoms with Gasteiger partial charge in [-0.1, -0.05) is 74.5 Å². The normalized spacial score (nSPS) is 11.3. The number of Topliss-reactive ketones (excluding diaryl/α,β-unsaturated/α-hetero) is 1. The van der Waals surface area contributed by atoms with Crippen molar-refractivity contribution in [2.24, 2.45) is 0 Å². The zero-order valence-electron chi connectivity index (χ0n) is 16.8. The lowest BCUT2D eigenvalue weighted by molar-refractivity contribution is 0.0993. The first-order valence-corrected chi connectivity index (χ1v) is 10.0. The molecule has 0 saturated heterocycles. The molecule has 3 heteroatoms. The minimum absolute atomic E-state index is 0.0855. The molecule has 1 aromatic heterocycles. The summed E-state index contributed by atoms with van der Waals surface area (Å²) in [5.74, 6) is 0.434. The summed E-state index contributed by atoms with van der Waals surface area (Å²) in [6, 6.07) is 25.4. The van der Waals surface area contributed by atoms with Gasteiger partial charge in [0.05, 0.1) is 0 Å². The largest absolute Gasteiger partial charge is 0.508 e. The molecule has 4 rings (SSSR count). The fraction of sp³-hybridized carbons (Fsp3) is 0.192. The Bertz CT molecular complexity index is 1140. The van der Waals surface area contributed by atoms with Crippen LogP contribution in [0.1, 0.15) is 46.9 Å². The molecule has 1 N–H and O–H groups in total. The third-order valence-corrected chi connectivity index (χ3v) is 5.30. The van der Waals surface area contributed by atoms with Crippen molar-refractivity contribution in [1.82, 2.24) is 4.57 Å². The quantitative estimate of drug-likeness (QED) is 0.418. The summed E-state index contributed by atoms with van der Waals surface area (Å²) in [5, 5.41) is 11.0. The van der Waals surface area contributed by atoms with Crippen molar-refractivity contribution >= 4 is 16.7 Å². The Morgan fingerprint density at radius 1 is 0.897 bits per heavy atom. The van der Waals surface area contributed by atoms with E-state index in [1.807, 2.05) is 54.6 Å². The second-order valence-corrected chi connectivity index (χ2v) is 7.77. The van der Waals surface area contributed by atoms with E-state index in [0.29, 0.717) is 13.0 Å². The number of phenolic OH excluding ortho intramolecular Hbond substituents is 1. The van der Waals surface area contributed by atoms with Crippen molar-refractivity contribution in [2.45, 2.75) is 32.7 Å². The van der Waals surface area contributed by atoms with Gasteiger partial charge in [-0.05, 0) is 35.2 Å². The predicted octanol–water partition coefficient (Wildman–Crippen LogP) is 5.94. The Balaban J connectivity index is 1.89. The monoisotopic (exact) mass is 383 g/mol. The summed E-state index contributed by atoms with van der Waals surface area (Å²) in [5.41, 5.74) is 4.91. The average Bonchev–Trinajstić information content (AvgIpc) is 3.03. The fourth-order valence-corrected chi connectivity index (χ4v) is 4.06. The third kappa shape index (κ3) is 3.81. The van der Waals surface area contributed by atoms with Crippen LogP contribution >= 0.6 is 0 Å². The molecule has 0 unspecified atom stereocenters. The number of carbonyl (C=O) groups is 1. The van der Waals surface area contributed by atoms with Gasteiger partial charge in [-0.2, -0.15) is 0 Å². The van der Waals surface area contributed by atoms with Crippen molar-refractivity contribution in [1.29, 1.82) is 0 Å². The highest BCUT2D eigenvalue weighted by atomic mass is 16.3. The average molecular weight is 383 g/mol. The number of hydrogen-bond donors (Lipinski definition) is 1. The van der Waals surface area contributed by atoms with Crippen LogP contribution in [-0.2, 0) is 13.0 Å². The van der Waals surface area contributed by atoms with E-state index in [2.05, 4.69) is 30.5 Å². The molecule has 0 atom stereocenters. The lowest BCUT2D eigenvalue weighted by Gasteiger charge is -2.15. The van der Waals surface area contributed by atoms with Crippen LogP contribution in [0.5, 0.6) is 5.75 Å². The van der Waals surface area contributed by atoms with Gasteiger partial charge in [0.1, 0.15) is 5.75 Å². The molecule has 0 bridgehead atoms. The van der Waals surface area contributed by atoms with Crippen LogP contribution in [0.2, 0.25) is 0 Å². The first-order chi connectivity index (χ1) is 14.0. The summed E-state index contributed by atoms with van der Waals surface area (Å²) in [4.78, 5) is 13.4. The van der Waals surface area contributed by atoms with Gasteiger partial charge in [0, 0.05) is 35.1 Å².